The molecule has 0 unspecified atom stereocenters. The normalized spacial score (nSPS) is 12.6. The van der Waals surface area contributed by atoms with Gasteiger partial charge in [-0.15, -0.1) is 11.8 Å². The van der Waals surface area contributed by atoms with Crippen molar-refractivity contribution in [3.63, 3.8) is 0 Å². The second-order valence-corrected chi connectivity index (χ2v) is 11.1. The number of thioether (sulfide) groups is 1. The molecule has 36 heavy (non-hydrogen) atoms. The number of benzene rings is 3. The van der Waals surface area contributed by atoms with Crippen LogP contribution in [0.3, 0.4) is 0 Å². The minimum atomic E-state index is -0.600. The lowest BCUT2D eigenvalue weighted by atomic mass is 10.0. The second-order valence-electron chi connectivity index (χ2n) is 9.15. The highest BCUT2D eigenvalue weighted by Crippen LogP contribution is 2.20. The van der Waals surface area contributed by atoms with Crippen molar-refractivity contribution >= 4 is 39.5 Å². The predicted molar refractivity (Wildman–Crippen MR) is 154 cm³/mol. The molecule has 0 fully saturated rings. The first-order chi connectivity index (χ1) is 17.4. The summed E-state index contributed by atoms with van der Waals surface area (Å²) in [7, 11) is 0. The van der Waals surface area contributed by atoms with E-state index in [1.807, 2.05) is 68.4 Å². The van der Waals surface area contributed by atoms with E-state index in [2.05, 4.69) is 52.4 Å². The first kappa shape index (κ1) is 28.0. The van der Waals surface area contributed by atoms with Crippen LogP contribution in [-0.4, -0.2) is 34.6 Å². The molecule has 0 saturated carbocycles. The average molecular weight is 568 g/mol. The van der Waals surface area contributed by atoms with Gasteiger partial charge in [0, 0.05) is 29.2 Å². The van der Waals surface area contributed by atoms with Gasteiger partial charge in [-0.3, -0.25) is 9.59 Å². The van der Waals surface area contributed by atoms with Gasteiger partial charge in [0.05, 0.1) is 5.75 Å². The zero-order valence-corrected chi connectivity index (χ0v) is 23.6. The van der Waals surface area contributed by atoms with Crippen molar-refractivity contribution in [2.75, 3.05) is 5.75 Å². The van der Waals surface area contributed by atoms with Gasteiger partial charge in [0.2, 0.25) is 11.8 Å². The smallest absolute Gasteiger partial charge is 0.243 e. The van der Waals surface area contributed by atoms with Crippen molar-refractivity contribution < 1.29 is 9.59 Å². The summed E-state index contributed by atoms with van der Waals surface area (Å²) in [5.41, 5.74) is 4.43. The number of hydrogen-bond donors (Lipinski definition) is 1. The molecule has 0 bridgehead atoms. The number of amides is 2. The van der Waals surface area contributed by atoms with Gasteiger partial charge < -0.3 is 10.2 Å². The molecule has 3 aromatic rings. The van der Waals surface area contributed by atoms with Crippen molar-refractivity contribution in [2.24, 2.45) is 0 Å². The molecule has 0 aromatic heterocycles. The number of aryl methyl sites for hydroxylation is 1. The van der Waals surface area contributed by atoms with Crippen LogP contribution in [0, 0.1) is 6.92 Å². The summed E-state index contributed by atoms with van der Waals surface area (Å²) in [6, 6.07) is 25.7. The molecule has 2 amide bonds. The Balaban J connectivity index is 1.84. The molecule has 0 radical (unpaired) electrons. The highest BCUT2D eigenvalue weighted by Gasteiger charge is 2.30. The van der Waals surface area contributed by atoms with Crippen LogP contribution in [0.2, 0.25) is 0 Å². The molecule has 0 spiro atoms. The Labute approximate surface area is 228 Å². The fourth-order valence-corrected chi connectivity index (χ4v) is 4.94. The van der Waals surface area contributed by atoms with Crippen molar-refractivity contribution in [1.82, 2.24) is 10.2 Å². The number of carbonyl (C=O) groups excluding carboxylic acids is 2. The molecule has 1 N–H and O–H groups in total. The summed E-state index contributed by atoms with van der Waals surface area (Å²) in [5, 5.41) is 3.12. The van der Waals surface area contributed by atoms with Crippen molar-refractivity contribution in [2.45, 2.75) is 58.0 Å². The van der Waals surface area contributed by atoms with E-state index in [-0.39, 0.29) is 17.9 Å². The number of hydrogen-bond acceptors (Lipinski definition) is 3. The molecule has 0 aliphatic rings. The molecule has 0 heterocycles. The number of nitrogens with one attached hydrogen (secondary N) is 1. The van der Waals surface area contributed by atoms with E-state index in [0.29, 0.717) is 18.7 Å². The molecule has 3 rings (SSSR count). The van der Waals surface area contributed by atoms with Crippen LogP contribution in [0.15, 0.2) is 83.3 Å². The molecule has 0 aliphatic heterocycles. The highest BCUT2D eigenvalue weighted by molar-refractivity contribution is 9.10. The van der Waals surface area contributed by atoms with Gasteiger partial charge in [-0.2, -0.15) is 0 Å². The maximum absolute atomic E-state index is 13.7. The fraction of sp³-hybridized carbons (Fsp3) is 0.333. The minimum absolute atomic E-state index is 0.0322. The maximum Gasteiger partial charge on any atom is 0.243 e. The predicted octanol–water partition coefficient (Wildman–Crippen LogP) is 6.55. The summed E-state index contributed by atoms with van der Waals surface area (Å²) >= 11 is 5.07. The zero-order valence-electron chi connectivity index (χ0n) is 21.2. The van der Waals surface area contributed by atoms with Crippen LogP contribution in [0.4, 0.5) is 0 Å². The summed E-state index contributed by atoms with van der Waals surface area (Å²) < 4.78 is 0.980. The maximum atomic E-state index is 13.7. The van der Waals surface area contributed by atoms with Crippen molar-refractivity contribution in [3.8, 4) is 0 Å². The molecular weight excluding hydrogens is 532 g/mol. The van der Waals surface area contributed by atoms with Gasteiger partial charge in [0.25, 0.3) is 0 Å². The first-order valence-electron chi connectivity index (χ1n) is 12.4. The van der Waals surface area contributed by atoms with Crippen LogP contribution in [0.25, 0.3) is 0 Å². The van der Waals surface area contributed by atoms with E-state index in [0.717, 1.165) is 27.8 Å². The number of rotatable bonds is 12. The number of nitrogens with zero attached hydrogens (tertiary/aromatic N) is 1. The third-order valence-corrected chi connectivity index (χ3v) is 7.67. The quantitative estimate of drug-likeness (QED) is 0.270. The van der Waals surface area contributed by atoms with Gasteiger partial charge in [0.15, 0.2) is 0 Å². The lowest BCUT2D eigenvalue weighted by Crippen LogP contribution is -2.52. The number of carbonyl (C=O) groups is 2. The lowest BCUT2D eigenvalue weighted by Gasteiger charge is -2.32. The molecule has 0 saturated heterocycles. The molecule has 0 aliphatic carbocycles. The van der Waals surface area contributed by atoms with E-state index in [1.54, 1.807) is 16.7 Å². The Hall–Kier alpha value is -2.57. The first-order valence-corrected chi connectivity index (χ1v) is 14.3. The van der Waals surface area contributed by atoms with E-state index in [1.165, 1.54) is 11.1 Å². The van der Waals surface area contributed by atoms with E-state index >= 15 is 0 Å². The zero-order chi connectivity index (χ0) is 25.9. The molecule has 190 valence electrons. The summed E-state index contributed by atoms with van der Waals surface area (Å²) in [6.07, 6.45) is 1.30. The summed E-state index contributed by atoms with van der Waals surface area (Å²) in [4.78, 5) is 28.9. The van der Waals surface area contributed by atoms with E-state index in [9.17, 15) is 9.59 Å². The largest absolute Gasteiger partial charge is 0.352 e. The summed E-state index contributed by atoms with van der Waals surface area (Å²) in [6.45, 7) is 6.49. The van der Waals surface area contributed by atoms with Crippen LogP contribution in [-0.2, 0) is 28.3 Å². The van der Waals surface area contributed by atoms with Gasteiger partial charge in [-0.05, 0) is 49.1 Å². The third-order valence-electron chi connectivity index (χ3n) is 6.15. The lowest BCUT2D eigenvalue weighted by molar-refractivity contribution is -0.139. The van der Waals surface area contributed by atoms with Crippen molar-refractivity contribution in [1.29, 1.82) is 0 Å². The number of halogens is 1. The Kier molecular flexibility index (Phi) is 11.1. The Morgan fingerprint density at radius 1 is 0.917 bits per heavy atom. The van der Waals surface area contributed by atoms with Gasteiger partial charge in [-0.25, -0.2) is 0 Å². The van der Waals surface area contributed by atoms with E-state index < -0.39 is 6.04 Å². The van der Waals surface area contributed by atoms with Crippen molar-refractivity contribution in [3.05, 3.63) is 106 Å². The average Bonchev–Trinajstić information content (AvgIpc) is 2.88. The highest BCUT2D eigenvalue weighted by atomic mass is 79.9. The Bertz CT molecular complexity index is 1100. The van der Waals surface area contributed by atoms with Crippen LogP contribution >= 0.6 is 27.7 Å². The molecular formula is C30H35BrN2O2S. The summed E-state index contributed by atoms with van der Waals surface area (Å²) in [5.74, 6) is 0.921. The van der Waals surface area contributed by atoms with Gasteiger partial charge in [0.1, 0.15) is 6.04 Å². The third kappa shape index (κ3) is 8.82. The SMILES string of the molecule is CC[C@H](C)NC(=O)[C@@H](Cc1ccccc1)N(Cc1ccc(Br)cc1)C(=O)CSCc1ccc(C)cc1. The van der Waals surface area contributed by atoms with Gasteiger partial charge in [-0.1, -0.05) is 95.1 Å². The minimum Gasteiger partial charge on any atom is -0.352 e. The monoisotopic (exact) mass is 566 g/mol. The fourth-order valence-electron chi connectivity index (χ4n) is 3.80. The van der Waals surface area contributed by atoms with Gasteiger partial charge >= 0.3 is 0 Å². The molecule has 3 aromatic carbocycles. The molecule has 2 atom stereocenters. The van der Waals surface area contributed by atoms with Crippen LogP contribution < -0.4 is 5.32 Å². The Morgan fingerprint density at radius 3 is 2.19 bits per heavy atom. The topological polar surface area (TPSA) is 49.4 Å². The van der Waals surface area contributed by atoms with Crippen LogP contribution in [0.1, 0.15) is 42.5 Å². The molecule has 6 heteroatoms. The molecule has 4 nitrogen and oxygen atoms in total. The van der Waals surface area contributed by atoms with Crippen LogP contribution in [0.5, 0.6) is 0 Å². The standard InChI is InChI=1S/C30H35BrN2O2S/c1-4-23(3)32-30(35)28(18-24-8-6-5-7-9-24)33(19-25-14-16-27(31)17-15-25)29(34)21-36-20-26-12-10-22(2)11-13-26/h5-17,23,28H,4,18-21H2,1-3H3,(H,32,35)/t23-,28+/m0/s1. The second kappa shape index (κ2) is 14.2. The van der Waals surface area contributed by atoms with E-state index in [4.69, 9.17) is 0 Å². The Morgan fingerprint density at radius 2 is 1.56 bits per heavy atom.